The lowest BCUT2D eigenvalue weighted by Crippen LogP contribution is -2.16. The predicted molar refractivity (Wildman–Crippen MR) is 59.9 cm³/mol. The molecule has 1 rings (SSSR count). The molecule has 0 aliphatic carbocycles. The molecule has 0 unspecified atom stereocenters. The van der Waals surface area contributed by atoms with Crippen molar-refractivity contribution in [1.82, 2.24) is 9.88 Å². The van der Waals surface area contributed by atoms with Gasteiger partial charge in [0.15, 0.2) is 5.75 Å². The van der Waals surface area contributed by atoms with Crippen LogP contribution in [-0.4, -0.2) is 48.2 Å². The van der Waals surface area contributed by atoms with Crippen molar-refractivity contribution in [3.05, 3.63) is 24.0 Å². The number of aromatic nitrogens is 1. The monoisotopic (exact) mass is 224 g/mol. The molecule has 5 heteroatoms. The lowest BCUT2D eigenvalue weighted by atomic mass is 10.2. The third-order valence-electron chi connectivity index (χ3n) is 2.02. The maximum atomic E-state index is 10.8. The van der Waals surface area contributed by atoms with Crippen molar-refractivity contribution in [2.24, 2.45) is 0 Å². The fourth-order valence-corrected chi connectivity index (χ4v) is 1.23. The van der Waals surface area contributed by atoms with Crippen molar-refractivity contribution in [2.75, 3.05) is 27.2 Å². The molecule has 0 aromatic carbocycles. The molecule has 0 fully saturated rings. The largest absolute Gasteiger partial charge is 0.491 e. The van der Waals surface area contributed by atoms with Crippen LogP contribution >= 0.6 is 0 Å². The first-order chi connectivity index (χ1) is 7.61. The molecule has 0 saturated heterocycles. The van der Waals surface area contributed by atoms with Crippen LogP contribution in [0.5, 0.6) is 5.75 Å². The van der Waals surface area contributed by atoms with Crippen LogP contribution in [0.1, 0.15) is 16.8 Å². The third kappa shape index (κ3) is 3.86. The van der Waals surface area contributed by atoms with Crippen LogP contribution in [0, 0.1) is 0 Å². The average Bonchev–Trinajstić information content (AvgIpc) is 2.24. The number of pyridine rings is 1. The molecular formula is C11H16N2O3. The Hall–Kier alpha value is -1.62. The number of hydrogen-bond donors (Lipinski definition) is 1. The van der Waals surface area contributed by atoms with E-state index in [0.717, 1.165) is 13.0 Å². The molecular weight excluding hydrogens is 208 g/mol. The maximum Gasteiger partial charge on any atom is 0.339 e. The molecule has 0 bridgehead atoms. The highest BCUT2D eigenvalue weighted by Crippen LogP contribution is 2.16. The minimum absolute atomic E-state index is 0.153. The molecule has 0 spiro atoms. The molecule has 5 nitrogen and oxygen atoms in total. The topological polar surface area (TPSA) is 62.7 Å². The number of carboxylic acids is 1. The van der Waals surface area contributed by atoms with E-state index in [1.807, 2.05) is 19.0 Å². The van der Waals surface area contributed by atoms with Crippen LogP contribution in [0.4, 0.5) is 0 Å². The Morgan fingerprint density at radius 2 is 2.31 bits per heavy atom. The molecule has 1 N–H and O–H groups in total. The second-order valence-electron chi connectivity index (χ2n) is 3.68. The van der Waals surface area contributed by atoms with Gasteiger partial charge >= 0.3 is 5.97 Å². The van der Waals surface area contributed by atoms with Crippen LogP contribution in [0.3, 0.4) is 0 Å². The van der Waals surface area contributed by atoms with Crippen LogP contribution < -0.4 is 4.74 Å². The second kappa shape index (κ2) is 6.07. The van der Waals surface area contributed by atoms with Gasteiger partial charge in [-0.25, -0.2) is 4.79 Å². The van der Waals surface area contributed by atoms with E-state index in [-0.39, 0.29) is 5.56 Å². The van der Waals surface area contributed by atoms with Crippen molar-refractivity contribution in [1.29, 1.82) is 0 Å². The number of hydrogen-bond acceptors (Lipinski definition) is 4. The van der Waals surface area contributed by atoms with Gasteiger partial charge in [0.2, 0.25) is 0 Å². The minimum atomic E-state index is -0.995. The normalized spacial score (nSPS) is 10.4. The summed E-state index contributed by atoms with van der Waals surface area (Å²) in [5.74, 6) is -0.668. The Bertz CT molecular complexity index is 353. The highest BCUT2D eigenvalue weighted by atomic mass is 16.5. The second-order valence-corrected chi connectivity index (χ2v) is 3.68. The number of nitrogens with zero attached hydrogens (tertiary/aromatic N) is 2. The van der Waals surface area contributed by atoms with Crippen LogP contribution in [0.15, 0.2) is 18.5 Å². The highest BCUT2D eigenvalue weighted by molar-refractivity contribution is 5.90. The Kier molecular flexibility index (Phi) is 4.72. The summed E-state index contributed by atoms with van der Waals surface area (Å²) in [6, 6.07) is 1.43. The van der Waals surface area contributed by atoms with Crippen molar-refractivity contribution < 1.29 is 14.6 Å². The standard InChI is InChI=1S/C11H16N2O3/c1-13(2)6-3-7-16-10-8-12-5-4-9(10)11(14)15/h4-5,8H,3,6-7H2,1-2H3,(H,14,15). The molecule has 0 saturated carbocycles. The Morgan fingerprint density at radius 1 is 1.56 bits per heavy atom. The third-order valence-corrected chi connectivity index (χ3v) is 2.02. The molecule has 0 aliphatic rings. The fraction of sp³-hybridized carbons (Fsp3) is 0.455. The summed E-state index contributed by atoms with van der Waals surface area (Å²) in [6.45, 7) is 1.40. The van der Waals surface area contributed by atoms with E-state index >= 15 is 0 Å². The molecule has 0 amide bonds. The summed E-state index contributed by atoms with van der Waals surface area (Å²) in [5, 5.41) is 8.89. The van der Waals surface area contributed by atoms with Crippen molar-refractivity contribution >= 4 is 5.97 Å². The Morgan fingerprint density at radius 3 is 2.94 bits per heavy atom. The zero-order chi connectivity index (χ0) is 12.0. The van der Waals surface area contributed by atoms with Gasteiger partial charge in [0.05, 0.1) is 12.8 Å². The first-order valence-electron chi connectivity index (χ1n) is 5.06. The van der Waals surface area contributed by atoms with Crippen molar-refractivity contribution in [2.45, 2.75) is 6.42 Å². The van der Waals surface area contributed by atoms with Gasteiger partial charge in [0, 0.05) is 12.7 Å². The zero-order valence-corrected chi connectivity index (χ0v) is 9.51. The average molecular weight is 224 g/mol. The van der Waals surface area contributed by atoms with Gasteiger partial charge in [-0.15, -0.1) is 0 Å². The molecule has 0 radical (unpaired) electrons. The van der Waals surface area contributed by atoms with E-state index in [1.54, 1.807) is 0 Å². The van der Waals surface area contributed by atoms with Gasteiger partial charge in [-0.2, -0.15) is 0 Å². The van der Waals surface area contributed by atoms with Gasteiger partial charge in [-0.05, 0) is 26.6 Å². The summed E-state index contributed by atoms with van der Waals surface area (Å²) in [7, 11) is 3.96. The Labute approximate surface area is 94.7 Å². The molecule has 0 aliphatic heterocycles. The van der Waals surface area contributed by atoms with Crippen LogP contribution in [-0.2, 0) is 0 Å². The lowest BCUT2D eigenvalue weighted by molar-refractivity contribution is 0.0692. The van der Waals surface area contributed by atoms with Crippen molar-refractivity contribution in [3.63, 3.8) is 0 Å². The van der Waals surface area contributed by atoms with Gasteiger partial charge < -0.3 is 14.7 Å². The molecule has 1 heterocycles. The number of carboxylic acid groups (broad SMARTS) is 1. The summed E-state index contributed by atoms with van der Waals surface area (Å²) in [6.07, 6.45) is 3.72. The summed E-state index contributed by atoms with van der Waals surface area (Å²) in [4.78, 5) is 16.7. The fourth-order valence-electron chi connectivity index (χ4n) is 1.23. The van der Waals surface area contributed by atoms with E-state index < -0.39 is 5.97 Å². The Balaban J connectivity index is 2.50. The van der Waals surface area contributed by atoms with E-state index in [4.69, 9.17) is 9.84 Å². The SMILES string of the molecule is CN(C)CCCOc1cnccc1C(=O)O. The number of aromatic carboxylic acids is 1. The molecule has 0 atom stereocenters. The van der Waals surface area contributed by atoms with E-state index in [0.29, 0.717) is 12.4 Å². The predicted octanol–water partition coefficient (Wildman–Crippen LogP) is 1.11. The highest BCUT2D eigenvalue weighted by Gasteiger charge is 2.10. The van der Waals surface area contributed by atoms with E-state index in [1.165, 1.54) is 18.5 Å². The van der Waals surface area contributed by atoms with Gasteiger partial charge in [-0.1, -0.05) is 0 Å². The van der Waals surface area contributed by atoms with Crippen molar-refractivity contribution in [3.8, 4) is 5.75 Å². The van der Waals surface area contributed by atoms with Crippen LogP contribution in [0.2, 0.25) is 0 Å². The van der Waals surface area contributed by atoms with Gasteiger partial charge in [0.25, 0.3) is 0 Å². The van der Waals surface area contributed by atoms with Crippen LogP contribution in [0.25, 0.3) is 0 Å². The van der Waals surface area contributed by atoms with Gasteiger partial charge in [-0.3, -0.25) is 4.98 Å². The summed E-state index contributed by atoms with van der Waals surface area (Å²) < 4.78 is 5.38. The lowest BCUT2D eigenvalue weighted by Gasteiger charge is -2.11. The molecule has 16 heavy (non-hydrogen) atoms. The smallest absolute Gasteiger partial charge is 0.339 e. The number of ether oxygens (including phenoxy) is 1. The minimum Gasteiger partial charge on any atom is -0.491 e. The summed E-state index contributed by atoms with van der Waals surface area (Å²) >= 11 is 0. The first kappa shape index (κ1) is 12.4. The van der Waals surface area contributed by atoms with Gasteiger partial charge in [0.1, 0.15) is 5.56 Å². The maximum absolute atomic E-state index is 10.8. The quantitative estimate of drug-likeness (QED) is 0.733. The van der Waals surface area contributed by atoms with E-state index in [2.05, 4.69) is 4.98 Å². The van der Waals surface area contributed by atoms with E-state index in [9.17, 15) is 4.79 Å². The first-order valence-corrected chi connectivity index (χ1v) is 5.06. The summed E-state index contributed by atoms with van der Waals surface area (Å²) in [5.41, 5.74) is 0.153. The zero-order valence-electron chi connectivity index (χ0n) is 9.51. The number of carbonyl (C=O) groups is 1. The molecule has 1 aromatic heterocycles. The molecule has 88 valence electrons. The molecule has 1 aromatic rings. The number of rotatable bonds is 6.